The number of hydrogen-bond acceptors (Lipinski definition) is 4. The lowest BCUT2D eigenvalue weighted by Crippen LogP contribution is -2.40. The second kappa shape index (κ2) is 3.49. The smallest absolute Gasteiger partial charge is 0.244 e. The molecule has 0 saturated heterocycles. The summed E-state index contributed by atoms with van der Waals surface area (Å²) < 4.78 is 1.94. The van der Waals surface area contributed by atoms with Crippen molar-refractivity contribution in [3.05, 3.63) is 11.3 Å². The van der Waals surface area contributed by atoms with Crippen LogP contribution in [-0.2, 0) is 22.8 Å². The van der Waals surface area contributed by atoms with Gasteiger partial charge in [0.25, 0.3) is 0 Å². The predicted molar refractivity (Wildman–Crippen MR) is 63.2 cm³/mol. The molecule has 0 radical (unpaired) electrons. The summed E-state index contributed by atoms with van der Waals surface area (Å²) in [5.74, 6) is 2.87. The minimum atomic E-state index is -0.392. The fourth-order valence-corrected chi connectivity index (χ4v) is 3.35. The van der Waals surface area contributed by atoms with Crippen LogP contribution in [-0.4, -0.2) is 28.8 Å². The van der Waals surface area contributed by atoms with Crippen molar-refractivity contribution in [2.24, 2.45) is 5.73 Å². The lowest BCUT2D eigenvalue weighted by molar-refractivity contribution is -0.119. The highest BCUT2D eigenvalue weighted by Crippen LogP contribution is 2.37. The van der Waals surface area contributed by atoms with E-state index in [2.05, 4.69) is 5.10 Å². The van der Waals surface area contributed by atoms with Gasteiger partial charge >= 0.3 is 0 Å². The van der Waals surface area contributed by atoms with E-state index in [0.717, 1.165) is 29.6 Å². The minimum Gasteiger partial charge on any atom is -0.320 e. The van der Waals surface area contributed by atoms with Crippen molar-refractivity contribution in [1.82, 2.24) is 9.78 Å². The first-order chi connectivity index (χ1) is 7.68. The van der Waals surface area contributed by atoms with Gasteiger partial charge in [0.15, 0.2) is 0 Å². The molecule has 1 aromatic heterocycles. The maximum absolute atomic E-state index is 12.0. The number of aromatic nitrogens is 2. The number of anilines is 1. The molecule has 2 aliphatic heterocycles. The van der Waals surface area contributed by atoms with Gasteiger partial charge in [-0.05, 0) is 6.42 Å². The Kier molecular flexibility index (Phi) is 2.22. The molecular formula is C10H14N4OS. The summed E-state index contributed by atoms with van der Waals surface area (Å²) in [6.07, 6.45) is 0.671. The molecule has 1 unspecified atom stereocenters. The maximum Gasteiger partial charge on any atom is 0.244 e. The normalized spacial score (nSPS) is 24.2. The Morgan fingerprint density at radius 3 is 3.12 bits per heavy atom. The van der Waals surface area contributed by atoms with Gasteiger partial charge in [-0.15, -0.1) is 0 Å². The van der Waals surface area contributed by atoms with Crippen LogP contribution < -0.4 is 10.6 Å². The van der Waals surface area contributed by atoms with Crippen LogP contribution in [0.5, 0.6) is 0 Å². The van der Waals surface area contributed by atoms with Crippen molar-refractivity contribution in [3.8, 4) is 0 Å². The molecule has 2 N–H and O–H groups in total. The van der Waals surface area contributed by atoms with E-state index in [4.69, 9.17) is 5.73 Å². The van der Waals surface area contributed by atoms with Crippen LogP contribution in [0.3, 0.4) is 0 Å². The molecule has 1 amide bonds. The third-order valence-electron chi connectivity index (χ3n) is 3.21. The number of nitrogens with two attached hydrogens (primary N) is 1. The molecule has 3 rings (SSSR count). The van der Waals surface area contributed by atoms with Gasteiger partial charge in [-0.3, -0.25) is 9.69 Å². The van der Waals surface area contributed by atoms with Crippen LogP contribution in [0.25, 0.3) is 0 Å². The Morgan fingerprint density at radius 1 is 1.50 bits per heavy atom. The number of amides is 1. The van der Waals surface area contributed by atoms with Gasteiger partial charge in [0.05, 0.1) is 11.7 Å². The van der Waals surface area contributed by atoms with E-state index >= 15 is 0 Å². The molecule has 1 aromatic rings. The molecule has 5 nitrogen and oxygen atoms in total. The molecule has 86 valence electrons. The van der Waals surface area contributed by atoms with E-state index in [1.807, 2.05) is 16.4 Å². The molecule has 0 spiro atoms. The van der Waals surface area contributed by atoms with Gasteiger partial charge in [-0.25, -0.2) is 4.68 Å². The van der Waals surface area contributed by atoms with Crippen molar-refractivity contribution in [1.29, 1.82) is 0 Å². The second-order valence-electron chi connectivity index (χ2n) is 4.26. The summed E-state index contributed by atoms with van der Waals surface area (Å²) in [7, 11) is 1.80. The average molecular weight is 238 g/mol. The lowest BCUT2D eigenvalue weighted by Gasteiger charge is -2.18. The molecule has 6 heteroatoms. The maximum atomic E-state index is 12.0. The standard InChI is InChI=1S/C10H14N4OS/c1-13-9-6-4-16-5-8(6)12-14(9)3-2-7(11)10(13)15/h7H,2-5,11H2,1H3. The molecule has 0 fully saturated rings. The molecule has 0 bridgehead atoms. The molecule has 3 heterocycles. The zero-order chi connectivity index (χ0) is 11.3. The largest absolute Gasteiger partial charge is 0.320 e. The Bertz CT molecular complexity index is 456. The first kappa shape index (κ1) is 10.2. The first-order valence-corrected chi connectivity index (χ1v) is 6.53. The van der Waals surface area contributed by atoms with Crippen LogP contribution in [0, 0.1) is 0 Å². The number of carbonyl (C=O) groups excluding carboxylic acids is 1. The van der Waals surface area contributed by atoms with E-state index in [-0.39, 0.29) is 5.91 Å². The second-order valence-corrected chi connectivity index (χ2v) is 5.24. The number of carbonyl (C=O) groups is 1. The van der Waals surface area contributed by atoms with E-state index in [9.17, 15) is 4.79 Å². The number of thioether (sulfide) groups is 1. The van der Waals surface area contributed by atoms with Crippen LogP contribution >= 0.6 is 11.8 Å². The minimum absolute atomic E-state index is 0.00153. The van der Waals surface area contributed by atoms with Crippen molar-refractivity contribution < 1.29 is 4.79 Å². The number of hydrogen-bond donors (Lipinski definition) is 1. The summed E-state index contributed by atoms with van der Waals surface area (Å²) in [5, 5.41) is 4.56. The zero-order valence-electron chi connectivity index (χ0n) is 9.14. The van der Waals surface area contributed by atoms with Crippen molar-refractivity contribution in [2.45, 2.75) is 30.5 Å². The van der Waals surface area contributed by atoms with Crippen LogP contribution in [0.1, 0.15) is 17.7 Å². The van der Waals surface area contributed by atoms with Crippen molar-refractivity contribution in [3.63, 3.8) is 0 Å². The third kappa shape index (κ3) is 1.29. The highest BCUT2D eigenvalue weighted by atomic mass is 32.2. The van der Waals surface area contributed by atoms with E-state index in [1.165, 1.54) is 5.56 Å². The van der Waals surface area contributed by atoms with Crippen molar-refractivity contribution in [2.75, 3.05) is 11.9 Å². The topological polar surface area (TPSA) is 64.2 Å². The number of fused-ring (bicyclic) bond motifs is 3. The molecule has 2 aliphatic rings. The predicted octanol–water partition coefficient (Wildman–Crippen LogP) is 0.324. The van der Waals surface area contributed by atoms with Crippen molar-refractivity contribution >= 4 is 23.5 Å². The summed E-state index contributed by atoms with van der Waals surface area (Å²) in [4.78, 5) is 13.6. The number of likely N-dealkylation sites (N-methyl/N-ethyl adjacent to an activating group) is 1. The Morgan fingerprint density at radius 2 is 2.31 bits per heavy atom. The van der Waals surface area contributed by atoms with Crippen LogP contribution in [0.2, 0.25) is 0 Å². The van der Waals surface area contributed by atoms with Gasteiger partial charge in [-0.2, -0.15) is 16.9 Å². The fourth-order valence-electron chi connectivity index (χ4n) is 2.32. The highest BCUT2D eigenvalue weighted by molar-refractivity contribution is 7.98. The monoisotopic (exact) mass is 238 g/mol. The molecule has 0 aromatic carbocycles. The van der Waals surface area contributed by atoms with Gasteiger partial charge in [-0.1, -0.05) is 0 Å². The lowest BCUT2D eigenvalue weighted by atomic mass is 10.2. The van der Waals surface area contributed by atoms with Crippen LogP contribution in [0.4, 0.5) is 5.82 Å². The van der Waals surface area contributed by atoms with E-state index in [1.54, 1.807) is 11.9 Å². The fraction of sp³-hybridized carbons (Fsp3) is 0.600. The Hall–Kier alpha value is -1.01. The summed E-state index contributed by atoms with van der Waals surface area (Å²) in [6, 6.07) is -0.392. The number of nitrogens with zero attached hydrogens (tertiary/aromatic N) is 3. The third-order valence-corrected chi connectivity index (χ3v) is 4.18. The summed E-state index contributed by atoms with van der Waals surface area (Å²) in [6.45, 7) is 0.740. The highest BCUT2D eigenvalue weighted by Gasteiger charge is 2.32. The van der Waals surface area contributed by atoms with Crippen LogP contribution in [0.15, 0.2) is 0 Å². The summed E-state index contributed by atoms with van der Waals surface area (Å²) >= 11 is 1.85. The number of aryl methyl sites for hydroxylation is 1. The van der Waals surface area contributed by atoms with Gasteiger partial charge in [0.1, 0.15) is 5.82 Å². The average Bonchev–Trinajstić information content (AvgIpc) is 2.80. The SMILES string of the molecule is CN1C(=O)C(N)CCn2nc3c(c21)CSC3. The zero-order valence-corrected chi connectivity index (χ0v) is 9.96. The van der Waals surface area contributed by atoms with E-state index in [0.29, 0.717) is 6.42 Å². The molecule has 0 aliphatic carbocycles. The van der Waals surface area contributed by atoms with E-state index < -0.39 is 6.04 Å². The van der Waals surface area contributed by atoms with Gasteiger partial charge in [0, 0.05) is 30.7 Å². The number of rotatable bonds is 0. The first-order valence-electron chi connectivity index (χ1n) is 5.38. The van der Waals surface area contributed by atoms with Gasteiger partial charge < -0.3 is 5.73 Å². The molecule has 16 heavy (non-hydrogen) atoms. The Balaban J connectivity index is 2.11. The quantitative estimate of drug-likeness (QED) is 0.707. The molecular weight excluding hydrogens is 224 g/mol. The molecule has 0 saturated carbocycles. The Labute approximate surface area is 98.0 Å². The molecule has 1 atom stereocenters. The van der Waals surface area contributed by atoms with Gasteiger partial charge in [0.2, 0.25) is 5.91 Å². The summed E-state index contributed by atoms with van der Waals surface area (Å²) in [5.41, 5.74) is 8.17.